The number of nitrogens with zero attached hydrogens (tertiary/aromatic N) is 1. The molecule has 108 valence electrons. The Kier molecular flexibility index (Phi) is 4.79. The van der Waals surface area contributed by atoms with Crippen LogP contribution in [0.3, 0.4) is 0 Å². The van der Waals surface area contributed by atoms with Crippen LogP contribution in [0.1, 0.15) is 12.0 Å². The third-order valence-corrected chi connectivity index (χ3v) is 3.53. The van der Waals surface area contributed by atoms with Crippen LogP contribution in [0.2, 0.25) is 0 Å². The molecule has 0 radical (unpaired) electrons. The topological polar surface area (TPSA) is 55.6 Å². The molecule has 0 heterocycles. The first-order chi connectivity index (χ1) is 9.56. The summed E-state index contributed by atoms with van der Waals surface area (Å²) in [5.74, 6) is 0.871. The smallest absolute Gasteiger partial charge is 0.229 e. The largest absolute Gasteiger partial charge is 0.492 e. The van der Waals surface area contributed by atoms with Gasteiger partial charge in [-0.3, -0.25) is 4.79 Å². The van der Waals surface area contributed by atoms with E-state index in [0.29, 0.717) is 19.6 Å². The van der Waals surface area contributed by atoms with Crippen molar-refractivity contribution in [1.29, 1.82) is 0 Å². The van der Waals surface area contributed by atoms with Crippen LogP contribution in [0.4, 0.5) is 0 Å². The number of benzene rings is 1. The van der Waals surface area contributed by atoms with Crippen LogP contribution in [-0.4, -0.2) is 37.0 Å². The molecule has 0 spiro atoms. The number of hydrogen-bond acceptors (Lipinski definition) is 3. The van der Waals surface area contributed by atoms with Crippen molar-refractivity contribution in [2.75, 3.05) is 20.2 Å². The second-order valence-corrected chi connectivity index (χ2v) is 5.31. The van der Waals surface area contributed by atoms with Crippen LogP contribution in [0.15, 0.2) is 36.4 Å². The summed E-state index contributed by atoms with van der Waals surface area (Å²) in [6, 6.07) is 7.91. The minimum absolute atomic E-state index is 0.0150. The molecule has 1 aliphatic rings. The highest BCUT2D eigenvalue weighted by molar-refractivity contribution is 5.81. The van der Waals surface area contributed by atoms with E-state index in [1.807, 2.05) is 43.3 Å². The summed E-state index contributed by atoms with van der Waals surface area (Å²) in [6.07, 6.45) is 4.52. The Labute approximate surface area is 120 Å². The third kappa shape index (κ3) is 3.84. The Morgan fingerprint density at radius 1 is 1.35 bits per heavy atom. The maximum Gasteiger partial charge on any atom is 0.229 e. The number of carbonyl (C=O) groups is 1. The lowest BCUT2D eigenvalue weighted by Gasteiger charge is -2.20. The molecule has 0 fully saturated rings. The minimum atomic E-state index is -0.0747. The molecule has 0 saturated carbocycles. The van der Waals surface area contributed by atoms with Crippen molar-refractivity contribution >= 4 is 5.91 Å². The van der Waals surface area contributed by atoms with E-state index in [-0.39, 0.29) is 17.9 Å². The third-order valence-electron chi connectivity index (χ3n) is 3.53. The van der Waals surface area contributed by atoms with Gasteiger partial charge in [-0.2, -0.15) is 0 Å². The van der Waals surface area contributed by atoms with Crippen molar-refractivity contribution in [2.24, 2.45) is 11.7 Å². The Morgan fingerprint density at radius 3 is 2.65 bits per heavy atom. The van der Waals surface area contributed by atoms with Gasteiger partial charge in [0, 0.05) is 13.1 Å². The van der Waals surface area contributed by atoms with E-state index in [2.05, 4.69) is 0 Å². The molecule has 2 N–H and O–H groups in total. The first-order valence-electron chi connectivity index (χ1n) is 6.94. The fraction of sp³-hybridized carbons (Fsp3) is 0.438. The molecule has 1 aromatic rings. The van der Waals surface area contributed by atoms with Gasteiger partial charge in [-0.15, -0.1) is 0 Å². The molecule has 4 heteroatoms. The maximum atomic E-state index is 12.1. The van der Waals surface area contributed by atoms with E-state index in [4.69, 9.17) is 10.5 Å². The SMILES string of the molecule is Cc1ccc(OCCN(C)C(=O)C2C=CC(N)C2)cc1. The number of likely N-dealkylation sites (N-methyl/N-ethyl adjacent to an activating group) is 1. The summed E-state index contributed by atoms with van der Waals surface area (Å²) in [6.45, 7) is 3.11. The van der Waals surface area contributed by atoms with Crippen LogP contribution in [-0.2, 0) is 4.79 Å². The highest BCUT2D eigenvalue weighted by Gasteiger charge is 2.25. The van der Waals surface area contributed by atoms with Gasteiger partial charge < -0.3 is 15.4 Å². The van der Waals surface area contributed by atoms with Crippen molar-refractivity contribution in [1.82, 2.24) is 4.90 Å². The van der Waals surface area contributed by atoms with E-state index in [1.165, 1.54) is 5.56 Å². The van der Waals surface area contributed by atoms with Gasteiger partial charge in [0.25, 0.3) is 0 Å². The average Bonchev–Trinajstić information content (AvgIpc) is 2.86. The molecule has 2 atom stereocenters. The van der Waals surface area contributed by atoms with Crippen molar-refractivity contribution in [3.05, 3.63) is 42.0 Å². The van der Waals surface area contributed by atoms with Crippen molar-refractivity contribution < 1.29 is 9.53 Å². The highest BCUT2D eigenvalue weighted by Crippen LogP contribution is 2.18. The summed E-state index contributed by atoms with van der Waals surface area (Å²) in [7, 11) is 1.80. The summed E-state index contributed by atoms with van der Waals surface area (Å²) in [5.41, 5.74) is 6.97. The normalized spacial score (nSPS) is 20.9. The Balaban J connectivity index is 1.74. The van der Waals surface area contributed by atoms with Crippen LogP contribution in [0.5, 0.6) is 5.75 Å². The van der Waals surface area contributed by atoms with Crippen LogP contribution < -0.4 is 10.5 Å². The number of rotatable bonds is 5. The first kappa shape index (κ1) is 14.6. The van der Waals surface area contributed by atoms with Gasteiger partial charge in [-0.1, -0.05) is 29.8 Å². The second-order valence-electron chi connectivity index (χ2n) is 5.31. The van der Waals surface area contributed by atoms with Crippen molar-refractivity contribution in [3.8, 4) is 5.75 Å². The zero-order valence-electron chi connectivity index (χ0n) is 12.1. The van der Waals surface area contributed by atoms with Crippen LogP contribution in [0, 0.1) is 12.8 Å². The Morgan fingerprint density at radius 2 is 2.05 bits per heavy atom. The quantitative estimate of drug-likeness (QED) is 0.832. The van der Waals surface area contributed by atoms with E-state index in [1.54, 1.807) is 11.9 Å². The highest BCUT2D eigenvalue weighted by atomic mass is 16.5. The fourth-order valence-electron chi connectivity index (χ4n) is 2.24. The summed E-state index contributed by atoms with van der Waals surface area (Å²) in [5, 5.41) is 0. The van der Waals surface area contributed by atoms with Crippen molar-refractivity contribution in [3.63, 3.8) is 0 Å². The summed E-state index contributed by atoms with van der Waals surface area (Å²) in [4.78, 5) is 13.9. The Hall–Kier alpha value is -1.81. The molecule has 0 bridgehead atoms. The second kappa shape index (κ2) is 6.57. The molecule has 0 aliphatic heterocycles. The molecular formula is C16H22N2O2. The lowest BCUT2D eigenvalue weighted by Crippen LogP contribution is -2.35. The predicted molar refractivity (Wildman–Crippen MR) is 79.5 cm³/mol. The van der Waals surface area contributed by atoms with E-state index < -0.39 is 0 Å². The molecule has 1 aromatic carbocycles. The maximum absolute atomic E-state index is 12.1. The van der Waals surface area contributed by atoms with Crippen LogP contribution >= 0.6 is 0 Å². The van der Waals surface area contributed by atoms with Gasteiger partial charge in [0.05, 0.1) is 12.5 Å². The number of carbonyl (C=O) groups excluding carboxylic acids is 1. The molecule has 2 unspecified atom stereocenters. The van der Waals surface area contributed by atoms with Gasteiger partial charge in [-0.05, 0) is 25.5 Å². The monoisotopic (exact) mass is 274 g/mol. The van der Waals surface area contributed by atoms with Crippen molar-refractivity contribution in [2.45, 2.75) is 19.4 Å². The number of amides is 1. The summed E-state index contributed by atoms with van der Waals surface area (Å²) < 4.78 is 5.63. The van der Waals surface area contributed by atoms with E-state index in [0.717, 1.165) is 5.75 Å². The molecule has 0 saturated heterocycles. The van der Waals surface area contributed by atoms with Gasteiger partial charge in [0.15, 0.2) is 0 Å². The first-order valence-corrected chi connectivity index (χ1v) is 6.94. The minimum Gasteiger partial charge on any atom is -0.492 e. The molecule has 20 heavy (non-hydrogen) atoms. The lowest BCUT2D eigenvalue weighted by atomic mass is 10.1. The number of hydrogen-bond donors (Lipinski definition) is 1. The van der Waals surface area contributed by atoms with Crippen LogP contribution in [0.25, 0.3) is 0 Å². The molecule has 1 aliphatic carbocycles. The molecule has 4 nitrogen and oxygen atoms in total. The van der Waals surface area contributed by atoms with Gasteiger partial charge in [0.1, 0.15) is 12.4 Å². The molecule has 2 rings (SSSR count). The molecule has 1 amide bonds. The molecular weight excluding hydrogens is 252 g/mol. The summed E-state index contributed by atoms with van der Waals surface area (Å²) >= 11 is 0. The van der Waals surface area contributed by atoms with Gasteiger partial charge in [-0.25, -0.2) is 0 Å². The van der Waals surface area contributed by atoms with E-state index >= 15 is 0 Å². The molecule has 0 aromatic heterocycles. The number of ether oxygens (including phenoxy) is 1. The fourth-order valence-corrected chi connectivity index (χ4v) is 2.24. The predicted octanol–water partition coefficient (Wildman–Crippen LogP) is 1.74. The number of aryl methyl sites for hydroxylation is 1. The Bertz CT molecular complexity index is 482. The van der Waals surface area contributed by atoms with Gasteiger partial charge in [0.2, 0.25) is 5.91 Å². The van der Waals surface area contributed by atoms with E-state index in [9.17, 15) is 4.79 Å². The lowest BCUT2D eigenvalue weighted by molar-refractivity contribution is -0.133. The average molecular weight is 274 g/mol. The van der Waals surface area contributed by atoms with Gasteiger partial charge >= 0.3 is 0 Å². The zero-order chi connectivity index (χ0) is 14.5. The number of nitrogens with two attached hydrogens (primary N) is 1. The zero-order valence-corrected chi connectivity index (χ0v) is 12.1. The standard InChI is InChI=1S/C16H22N2O2/c1-12-3-7-15(8-4-12)20-10-9-18(2)16(19)13-5-6-14(17)11-13/h3-8,13-14H,9-11,17H2,1-2H3.